The van der Waals surface area contributed by atoms with Crippen LogP contribution in [0.25, 0.3) is 60.2 Å². The Kier molecular flexibility index (Phi) is 8.20. The largest absolute Gasteiger partial charge is 0.310 e. The molecule has 1 aromatic heterocycles. The molecule has 10 aromatic carbocycles. The lowest BCUT2D eigenvalue weighted by Gasteiger charge is -2.31. The van der Waals surface area contributed by atoms with E-state index in [1.165, 1.54) is 54.6 Å². The van der Waals surface area contributed by atoms with Crippen molar-refractivity contribution in [3.8, 4) is 16.8 Å². The van der Waals surface area contributed by atoms with Crippen LogP contribution in [0.5, 0.6) is 0 Å². The molecule has 0 saturated heterocycles. The summed E-state index contributed by atoms with van der Waals surface area (Å²) >= 11 is 0. The molecular formula is C59H43N3. The van der Waals surface area contributed by atoms with Crippen molar-refractivity contribution in [3.63, 3.8) is 0 Å². The van der Waals surface area contributed by atoms with Gasteiger partial charge in [0.2, 0.25) is 0 Å². The Morgan fingerprint density at radius 1 is 0.371 bits per heavy atom. The fourth-order valence-corrected chi connectivity index (χ4v) is 10.2. The van der Waals surface area contributed by atoms with E-state index in [-0.39, 0.29) is 5.41 Å². The summed E-state index contributed by atoms with van der Waals surface area (Å²) < 4.78 is 2.47. The minimum Gasteiger partial charge on any atom is -0.310 e. The van der Waals surface area contributed by atoms with Crippen LogP contribution >= 0.6 is 0 Å². The molecule has 0 aliphatic heterocycles. The Morgan fingerprint density at radius 2 is 0.935 bits per heavy atom. The molecule has 11 aromatic rings. The number of para-hydroxylation sites is 4. The Morgan fingerprint density at radius 3 is 1.65 bits per heavy atom. The van der Waals surface area contributed by atoms with Crippen molar-refractivity contribution in [2.45, 2.75) is 19.3 Å². The molecule has 0 radical (unpaired) electrons. The van der Waals surface area contributed by atoms with Crippen LogP contribution < -0.4 is 9.80 Å². The third-order valence-electron chi connectivity index (χ3n) is 13.1. The van der Waals surface area contributed by atoms with E-state index < -0.39 is 0 Å². The monoisotopic (exact) mass is 793 g/mol. The highest BCUT2D eigenvalue weighted by Gasteiger charge is 2.37. The second-order valence-electron chi connectivity index (χ2n) is 17.0. The molecule has 0 saturated carbocycles. The molecule has 0 atom stereocenters. The molecule has 1 heterocycles. The van der Waals surface area contributed by atoms with E-state index >= 15 is 0 Å². The van der Waals surface area contributed by atoms with Gasteiger partial charge in [0.15, 0.2) is 0 Å². The standard InChI is InChI=1S/C59H43N3/c1-59(2)52-35-33-47(37-51(52)57-49-27-15-14-19-41(49)31-34-53(57)59)60(43-21-6-3-7-22-43)48-38-55(61(44-23-8-4-9-24-44)45-25-10-5-11-26-45)58-50-28-16-17-29-54(50)62(56(58)39-48)46-32-30-40-18-12-13-20-42(40)36-46/h3-39H,1-2H3. The summed E-state index contributed by atoms with van der Waals surface area (Å²) in [6.07, 6.45) is 0. The van der Waals surface area contributed by atoms with E-state index in [0.29, 0.717) is 0 Å². The molecule has 0 fully saturated rings. The van der Waals surface area contributed by atoms with Crippen molar-refractivity contribution in [1.82, 2.24) is 4.57 Å². The number of aromatic nitrogens is 1. The molecule has 0 bridgehead atoms. The molecule has 0 unspecified atom stereocenters. The lowest BCUT2D eigenvalue weighted by atomic mass is 9.82. The smallest absolute Gasteiger partial charge is 0.0583 e. The predicted octanol–water partition coefficient (Wildman–Crippen LogP) is 16.3. The average Bonchev–Trinajstić information content (AvgIpc) is 3.78. The third kappa shape index (κ3) is 5.59. The Hall–Kier alpha value is -7.88. The third-order valence-corrected chi connectivity index (χ3v) is 13.1. The van der Waals surface area contributed by atoms with E-state index in [4.69, 9.17) is 0 Å². The quantitative estimate of drug-likeness (QED) is 0.159. The van der Waals surface area contributed by atoms with E-state index in [1.807, 2.05) is 0 Å². The van der Waals surface area contributed by atoms with Gasteiger partial charge in [-0.05, 0) is 123 Å². The second-order valence-corrected chi connectivity index (χ2v) is 17.0. The van der Waals surface area contributed by atoms with Crippen molar-refractivity contribution in [3.05, 3.63) is 236 Å². The van der Waals surface area contributed by atoms with Gasteiger partial charge < -0.3 is 14.4 Å². The maximum Gasteiger partial charge on any atom is 0.0583 e. The highest BCUT2D eigenvalue weighted by molar-refractivity contribution is 6.18. The molecule has 0 amide bonds. The summed E-state index contributed by atoms with van der Waals surface area (Å²) in [7, 11) is 0. The summed E-state index contributed by atoms with van der Waals surface area (Å²) in [5.74, 6) is 0. The molecule has 0 N–H and O–H groups in total. The molecule has 12 rings (SSSR count). The molecule has 62 heavy (non-hydrogen) atoms. The summed E-state index contributed by atoms with van der Waals surface area (Å²) in [5.41, 5.74) is 15.2. The minimum absolute atomic E-state index is 0.135. The number of benzene rings is 10. The molecule has 3 nitrogen and oxygen atoms in total. The van der Waals surface area contributed by atoms with Gasteiger partial charge in [-0.2, -0.15) is 0 Å². The molecule has 1 aliphatic rings. The van der Waals surface area contributed by atoms with Gasteiger partial charge in [-0.15, -0.1) is 0 Å². The van der Waals surface area contributed by atoms with Crippen molar-refractivity contribution in [2.24, 2.45) is 0 Å². The number of hydrogen-bond acceptors (Lipinski definition) is 2. The van der Waals surface area contributed by atoms with Crippen LogP contribution in [0.3, 0.4) is 0 Å². The summed E-state index contributed by atoms with van der Waals surface area (Å²) in [6, 6.07) is 82.3. The number of hydrogen-bond donors (Lipinski definition) is 0. The van der Waals surface area contributed by atoms with E-state index in [1.54, 1.807) is 0 Å². The maximum atomic E-state index is 2.47. The highest BCUT2D eigenvalue weighted by atomic mass is 15.2. The first-order valence-electron chi connectivity index (χ1n) is 21.5. The first-order chi connectivity index (χ1) is 30.5. The van der Waals surface area contributed by atoms with Crippen molar-refractivity contribution < 1.29 is 0 Å². The fraction of sp³-hybridized carbons (Fsp3) is 0.0508. The molecule has 294 valence electrons. The zero-order valence-electron chi connectivity index (χ0n) is 34.7. The fourth-order valence-electron chi connectivity index (χ4n) is 10.2. The van der Waals surface area contributed by atoms with Crippen LogP contribution in [0.4, 0.5) is 34.1 Å². The lowest BCUT2D eigenvalue weighted by Crippen LogP contribution is -2.16. The molecular weight excluding hydrogens is 751 g/mol. The van der Waals surface area contributed by atoms with Gasteiger partial charge >= 0.3 is 0 Å². The van der Waals surface area contributed by atoms with Gasteiger partial charge in [0, 0.05) is 44.6 Å². The Labute approximate surface area is 362 Å². The zero-order valence-corrected chi connectivity index (χ0v) is 34.7. The van der Waals surface area contributed by atoms with Crippen LogP contribution in [0, 0.1) is 0 Å². The van der Waals surface area contributed by atoms with Crippen molar-refractivity contribution in [2.75, 3.05) is 9.80 Å². The van der Waals surface area contributed by atoms with Crippen LogP contribution in [-0.4, -0.2) is 4.57 Å². The van der Waals surface area contributed by atoms with E-state index in [2.05, 4.69) is 253 Å². The van der Waals surface area contributed by atoms with E-state index in [0.717, 1.165) is 50.8 Å². The first kappa shape index (κ1) is 36.0. The first-order valence-corrected chi connectivity index (χ1v) is 21.5. The Bertz CT molecular complexity index is 3450. The van der Waals surface area contributed by atoms with Gasteiger partial charge in [-0.25, -0.2) is 0 Å². The summed E-state index contributed by atoms with van der Waals surface area (Å²) in [4.78, 5) is 4.88. The van der Waals surface area contributed by atoms with Crippen LogP contribution in [-0.2, 0) is 5.41 Å². The van der Waals surface area contributed by atoms with Gasteiger partial charge in [-0.1, -0.05) is 159 Å². The van der Waals surface area contributed by atoms with Gasteiger partial charge in [0.25, 0.3) is 0 Å². The molecule has 0 spiro atoms. The summed E-state index contributed by atoms with van der Waals surface area (Å²) in [6.45, 7) is 4.74. The lowest BCUT2D eigenvalue weighted by molar-refractivity contribution is 0.661. The van der Waals surface area contributed by atoms with Crippen LogP contribution in [0.1, 0.15) is 25.0 Å². The Balaban J connectivity index is 1.19. The van der Waals surface area contributed by atoms with Crippen LogP contribution in [0.2, 0.25) is 0 Å². The average molecular weight is 794 g/mol. The topological polar surface area (TPSA) is 11.4 Å². The second kappa shape index (κ2) is 14.1. The van der Waals surface area contributed by atoms with Gasteiger partial charge in [0.05, 0.1) is 22.4 Å². The van der Waals surface area contributed by atoms with E-state index in [9.17, 15) is 0 Å². The van der Waals surface area contributed by atoms with Gasteiger partial charge in [-0.3, -0.25) is 0 Å². The SMILES string of the molecule is CC1(C)c2ccc(N(c3ccccc3)c3cc(N(c4ccccc4)c4ccccc4)c4c5ccccc5n(-c5ccc6ccccc6c5)c4c3)cc2-c2c1ccc1ccccc21. The summed E-state index contributed by atoms with van der Waals surface area (Å²) in [5, 5.41) is 7.38. The van der Waals surface area contributed by atoms with Crippen molar-refractivity contribution in [1.29, 1.82) is 0 Å². The zero-order chi connectivity index (χ0) is 41.4. The van der Waals surface area contributed by atoms with Crippen LogP contribution in [0.15, 0.2) is 224 Å². The molecule has 3 heteroatoms. The van der Waals surface area contributed by atoms with Crippen molar-refractivity contribution >= 4 is 77.5 Å². The van der Waals surface area contributed by atoms with Gasteiger partial charge in [0.1, 0.15) is 0 Å². The highest BCUT2D eigenvalue weighted by Crippen LogP contribution is 2.54. The normalized spacial score (nSPS) is 12.8. The maximum absolute atomic E-state index is 2.47. The predicted molar refractivity (Wildman–Crippen MR) is 263 cm³/mol. The minimum atomic E-state index is -0.135. The number of nitrogens with zero attached hydrogens (tertiary/aromatic N) is 3. The number of fused-ring (bicyclic) bond motifs is 9. The molecule has 1 aliphatic carbocycles. The number of anilines is 6. The number of rotatable bonds is 7.